The fraction of sp³-hybridized carbons (Fsp3) is 0.235. The van der Waals surface area contributed by atoms with Crippen molar-refractivity contribution in [1.82, 2.24) is 4.90 Å². The second-order valence-corrected chi connectivity index (χ2v) is 5.88. The van der Waals surface area contributed by atoms with Crippen LogP contribution in [0.15, 0.2) is 53.0 Å². The summed E-state index contributed by atoms with van der Waals surface area (Å²) >= 11 is 3.30. The zero-order valence-corrected chi connectivity index (χ0v) is 13.8. The number of likely N-dealkylation sites (N-methyl/N-ethyl adjacent to an activating group) is 1. The summed E-state index contributed by atoms with van der Waals surface area (Å²) in [6.45, 7) is 0.561. The van der Waals surface area contributed by atoms with E-state index in [0.29, 0.717) is 12.2 Å². The lowest BCUT2D eigenvalue weighted by Gasteiger charge is -2.18. The van der Waals surface area contributed by atoms with E-state index in [9.17, 15) is 9.18 Å². The van der Waals surface area contributed by atoms with E-state index in [-0.39, 0.29) is 24.9 Å². The van der Waals surface area contributed by atoms with Crippen molar-refractivity contribution in [3.8, 4) is 0 Å². The van der Waals surface area contributed by atoms with Gasteiger partial charge in [-0.05, 0) is 23.8 Å². The lowest BCUT2D eigenvalue weighted by Crippen LogP contribution is -2.30. The van der Waals surface area contributed by atoms with Crippen molar-refractivity contribution in [2.24, 2.45) is 0 Å². The zero-order valence-electron chi connectivity index (χ0n) is 12.3. The Morgan fingerprint density at radius 3 is 2.68 bits per heavy atom. The average Bonchev–Trinajstić information content (AvgIpc) is 2.52. The normalized spacial score (nSPS) is 10.5. The number of rotatable bonds is 6. The largest absolute Gasteiger partial charge is 0.367 e. The van der Waals surface area contributed by atoms with Crippen LogP contribution >= 0.6 is 15.9 Å². The Morgan fingerprint density at radius 2 is 1.95 bits per heavy atom. The summed E-state index contributed by atoms with van der Waals surface area (Å²) in [5, 5.41) is 0. The summed E-state index contributed by atoms with van der Waals surface area (Å²) in [5.41, 5.74) is 1.48. The van der Waals surface area contributed by atoms with Gasteiger partial charge < -0.3 is 9.64 Å². The fourth-order valence-corrected chi connectivity index (χ4v) is 2.36. The molecule has 0 unspecified atom stereocenters. The second kappa shape index (κ2) is 8.06. The Hall–Kier alpha value is -1.72. The quantitative estimate of drug-likeness (QED) is 0.779. The van der Waals surface area contributed by atoms with Gasteiger partial charge in [0.25, 0.3) is 0 Å². The molecule has 0 radical (unpaired) electrons. The summed E-state index contributed by atoms with van der Waals surface area (Å²) in [6, 6.07) is 14.3. The van der Waals surface area contributed by atoms with Crippen LogP contribution in [0.2, 0.25) is 0 Å². The van der Waals surface area contributed by atoms with Crippen LogP contribution in [0.1, 0.15) is 11.1 Å². The monoisotopic (exact) mass is 365 g/mol. The molecule has 116 valence electrons. The molecule has 0 N–H and O–H groups in total. The Morgan fingerprint density at radius 1 is 1.23 bits per heavy atom. The molecule has 3 nitrogen and oxygen atoms in total. The van der Waals surface area contributed by atoms with E-state index in [1.807, 2.05) is 30.3 Å². The van der Waals surface area contributed by atoms with Crippen LogP contribution in [0.4, 0.5) is 4.39 Å². The molecule has 0 aliphatic carbocycles. The number of benzene rings is 2. The molecule has 0 heterocycles. The molecule has 0 saturated carbocycles. The minimum Gasteiger partial charge on any atom is -0.367 e. The van der Waals surface area contributed by atoms with Gasteiger partial charge in [-0.25, -0.2) is 4.39 Å². The third kappa shape index (κ3) is 4.93. The number of carbonyl (C=O) groups is 1. The van der Waals surface area contributed by atoms with Crippen LogP contribution in [0.5, 0.6) is 0 Å². The smallest absolute Gasteiger partial charge is 0.248 e. The molecule has 0 saturated heterocycles. The highest BCUT2D eigenvalue weighted by atomic mass is 79.9. The Labute approximate surface area is 137 Å². The van der Waals surface area contributed by atoms with Gasteiger partial charge in [0.15, 0.2) is 0 Å². The van der Waals surface area contributed by atoms with Crippen LogP contribution in [0.3, 0.4) is 0 Å². The molecular formula is C17H17BrFNO2. The molecule has 1 amide bonds. The maximum Gasteiger partial charge on any atom is 0.248 e. The van der Waals surface area contributed by atoms with E-state index in [1.54, 1.807) is 19.2 Å². The third-order valence-electron chi connectivity index (χ3n) is 3.18. The highest BCUT2D eigenvalue weighted by Gasteiger charge is 2.12. The van der Waals surface area contributed by atoms with E-state index in [2.05, 4.69) is 15.9 Å². The zero-order chi connectivity index (χ0) is 15.9. The van der Waals surface area contributed by atoms with Gasteiger partial charge in [-0.1, -0.05) is 46.3 Å². The van der Waals surface area contributed by atoms with Gasteiger partial charge in [0, 0.05) is 23.6 Å². The molecule has 22 heavy (non-hydrogen) atoms. The Bertz CT molecular complexity index is 634. The lowest BCUT2D eigenvalue weighted by atomic mass is 10.2. The molecule has 2 aromatic carbocycles. The van der Waals surface area contributed by atoms with Gasteiger partial charge in [0.1, 0.15) is 12.4 Å². The molecule has 2 aromatic rings. The molecule has 0 spiro atoms. The average molecular weight is 366 g/mol. The molecule has 5 heteroatoms. The van der Waals surface area contributed by atoms with Crippen LogP contribution in [0.25, 0.3) is 0 Å². The number of halogens is 2. The SMILES string of the molecule is CN(Cc1cc(Br)ccc1F)C(=O)COCc1ccccc1. The van der Waals surface area contributed by atoms with E-state index >= 15 is 0 Å². The standard InChI is InChI=1S/C17H17BrFNO2/c1-20(10-14-9-15(18)7-8-16(14)19)17(21)12-22-11-13-5-3-2-4-6-13/h2-9H,10-12H2,1H3. The molecule has 0 fully saturated rings. The highest BCUT2D eigenvalue weighted by molar-refractivity contribution is 9.10. The number of amides is 1. The van der Waals surface area contributed by atoms with Gasteiger partial charge in [-0.2, -0.15) is 0 Å². The molecule has 0 aliphatic heterocycles. The summed E-state index contributed by atoms with van der Waals surface area (Å²) in [5.74, 6) is -0.511. The first-order valence-corrected chi connectivity index (χ1v) is 7.65. The number of hydrogen-bond donors (Lipinski definition) is 0. The minimum atomic E-state index is -0.326. The van der Waals surface area contributed by atoms with Crippen LogP contribution in [0, 0.1) is 5.82 Å². The first-order chi connectivity index (χ1) is 10.6. The highest BCUT2D eigenvalue weighted by Crippen LogP contribution is 2.17. The van der Waals surface area contributed by atoms with Crippen LogP contribution in [-0.2, 0) is 22.7 Å². The third-order valence-corrected chi connectivity index (χ3v) is 3.67. The predicted octanol–water partition coefficient (Wildman–Crippen LogP) is 3.76. The maximum absolute atomic E-state index is 13.7. The number of nitrogens with zero attached hydrogens (tertiary/aromatic N) is 1. The molecule has 0 aliphatic rings. The van der Waals surface area contributed by atoms with Crippen molar-refractivity contribution in [1.29, 1.82) is 0 Å². The number of ether oxygens (including phenoxy) is 1. The van der Waals surface area contributed by atoms with Gasteiger partial charge in [-0.3, -0.25) is 4.79 Å². The fourth-order valence-electron chi connectivity index (χ4n) is 1.95. The minimum absolute atomic E-state index is 0.0268. The predicted molar refractivity (Wildman–Crippen MR) is 86.7 cm³/mol. The van der Waals surface area contributed by atoms with Crippen molar-refractivity contribution in [3.63, 3.8) is 0 Å². The summed E-state index contributed by atoms with van der Waals surface area (Å²) in [6.07, 6.45) is 0. The molecule has 0 aromatic heterocycles. The van der Waals surface area contributed by atoms with Crippen molar-refractivity contribution in [2.75, 3.05) is 13.7 Å². The van der Waals surface area contributed by atoms with Crippen molar-refractivity contribution in [2.45, 2.75) is 13.2 Å². The van der Waals surface area contributed by atoms with Gasteiger partial charge in [-0.15, -0.1) is 0 Å². The van der Waals surface area contributed by atoms with Gasteiger partial charge in [0.05, 0.1) is 6.61 Å². The van der Waals surface area contributed by atoms with E-state index in [4.69, 9.17) is 4.74 Å². The Balaban J connectivity index is 1.83. The lowest BCUT2D eigenvalue weighted by molar-refractivity contribution is -0.135. The van der Waals surface area contributed by atoms with Crippen molar-refractivity contribution in [3.05, 3.63) is 69.9 Å². The number of hydrogen-bond acceptors (Lipinski definition) is 2. The molecular weight excluding hydrogens is 349 g/mol. The second-order valence-electron chi connectivity index (χ2n) is 4.96. The summed E-state index contributed by atoms with van der Waals surface area (Å²) in [4.78, 5) is 13.5. The first kappa shape index (κ1) is 16.6. The molecule has 0 atom stereocenters. The van der Waals surface area contributed by atoms with Crippen molar-refractivity contribution >= 4 is 21.8 Å². The van der Waals surface area contributed by atoms with Gasteiger partial charge in [0.2, 0.25) is 5.91 Å². The number of carbonyl (C=O) groups excluding carboxylic acids is 1. The van der Waals surface area contributed by atoms with Gasteiger partial charge >= 0.3 is 0 Å². The van der Waals surface area contributed by atoms with Crippen molar-refractivity contribution < 1.29 is 13.9 Å². The maximum atomic E-state index is 13.7. The first-order valence-electron chi connectivity index (χ1n) is 6.86. The summed E-state index contributed by atoms with van der Waals surface area (Å²) in [7, 11) is 1.63. The van der Waals surface area contributed by atoms with Crippen LogP contribution < -0.4 is 0 Å². The van der Waals surface area contributed by atoms with Crippen LogP contribution in [-0.4, -0.2) is 24.5 Å². The van der Waals surface area contributed by atoms with E-state index < -0.39 is 0 Å². The Kier molecular flexibility index (Phi) is 6.10. The molecule has 0 bridgehead atoms. The molecule has 2 rings (SSSR count). The summed E-state index contributed by atoms with van der Waals surface area (Å²) < 4.78 is 19.9. The topological polar surface area (TPSA) is 29.5 Å². The van der Waals surface area contributed by atoms with E-state index in [0.717, 1.165) is 10.0 Å². The van der Waals surface area contributed by atoms with E-state index in [1.165, 1.54) is 11.0 Å².